The minimum absolute atomic E-state index is 0. The number of halogens is 4. The number of anilines is 12. The number of benzene rings is 24. The minimum Gasteiger partial charge on any atom is -0.328 e. The minimum atomic E-state index is -0.686. The van der Waals surface area contributed by atoms with Crippen LogP contribution in [0.25, 0.3) is 174 Å². The van der Waals surface area contributed by atoms with E-state index in [2.05, 4.69) is 408 Å². The first-order valence-corrected chi connectivity index (χ1v) is 47.3. The molecule has 24 aromatic carbocycles. The molecule has 0 radical (unpaired) electrons. The van der Waals surface area contributed by atoms with Crippen LogP contribution in [-0.4, -0.2) is 31.5 Å². The summed E-state index contributed by atoms with van der Waals surface area (Å²) in [6.07, 6.45) is 3.30. The monoisotopic (exact) mass is 2040 g/mol. The molecule has 0 bridgehead atoms. The van der Waals surface area contributed by atoms with Crippen LogP contribution in [0.4, 0.5) is 85.8 Å². The maximum absolute atomic E-state index is 14.8. The number of nitrogens with zero attached hydrogens (tertiary/aromatic N) is 8. The number of carbonyl (C=O) groups is 2. The number of rotatable bonds is 16. The molecule has 2 aromatic heterocycles. The number of hydrogen-bond donors (Lipinski definition) is 0. The Morgan fingerprint density at radius 3 is 0.778 bits per heavy atom. The Labute approximate surface area is 839 Å². The van der Waals surface area contributed by atoms with Gasteiger partial charge in [0, 0.05) is 102 Å². The van der Waals surface area contributed by atoms with Crippen molar-refractivity contribution in [2.45, 2.75) is 20.3 Å². The SMILES string of the molecule is CC(=O)CC(C)=O.Fc1cc(F)cc(-c2cnc3c4[c-]c(N(c5ccccc5)c5cc6ccccc6c6ccccc56)ccc4c4ccc(N(c5ccccc5)c5cc6ccccc6c6ccccc56)cc4c3n2)c1.Fc1cc(F)cc(-c2cnc3c4[c-]c(N(c5ccccc5)c5cc6ccccc6c6ccccc56)ccc4c4ccc(N(c5ccccc5)c5cc6ccccc6c6ccccc56)cc4c3n2)c1.[Ir+3]. The molecule has 0 aliphatic heterocycles. The Hall–Kier alpha value is -18.0. The van der Waals surface area contributed by atoms with Gasteiger partial charge < -0.3 is 29.6 Å². The van der Waals surface area contributed by atoms with E-state index in [1.54, 1.807) is 12.4 Å². The average molecular weight is 2040 g/mol. The van der Waals surface area contributed by atoms with Gasteiger partial charge in [0.25, 0.3) is 0 Å². The van der Waals surface area contributed by atoms with Crippen LogP contribution in [0.15, 0.2) is 449 Å². The largest absolute Gasteiger partial charge is 3.00 e. The summed E-state index contributed by atoms with van der Waals surface area (Å²) < 4.78 is 59.4. The van der Waals surface area contributed by atoms with Crippen molar-refractivity contribution in [1.82, 2.24) is 19.9 Å². The number of para-hydroxylation sites is 4. The summed E-state index contributed by atoms with van der Waals surface area (Å²) >= 11 is 0. The van der Waals surface area contributed by atoms with Crippen molar-refractivity contribution in [3.8, 4) is 22.5 Å². The molecule has 15 heteroatoms. The first kappa shape index (κ1) is 89.9. The van der Waals surface area contributed by atoms with E-state index < -0.39 is 23.3 Å². The standard InChI is InChI=1S/2C62H37F2N4.C5H8O2.Ir/c2*63-42-31-41(32-43(64)35-42)58-38-65-61-56-36-46(67(44-17-3-1-4-18-44)59-33-39-15-7-9-21-48(39)50-23-11-13-25-54(50)59)27-29-52(56)53-30-28-47(37-57(53)62(61)66-58)68(45-19-5-2-6-20-45)60-34-40-16-8-10-22-49(40)51-24-12-14-26-55(51)60;1-4(6)3-5(2)7;/h2*1-35,37-38H;3H2,1-2H3;/q2*-1;;+3. The fourth-order valence-electron chi connectivity index (χ4n) is 20.7. The molecule has 686 valence electrons. The molecule has 144 heavy (non-hydrogen) atoms. The summed E-state index contributed by atoms with van der Waals surface area (Å²) in [6, 6.07) is 155. The van der Waals surface area contributed by atoms with Gasteiger partial charge in [0.1, 0.15) is 34.8 Å². The van der Waals surface area contributed by atoms with Crippen LogP contribution >= 0.6 is 0 Å². The average Bonchev–Trinajstić information content (AvgIpc) is 0.722. The summed E-state index contributed by atoms with van der Waals surface area (Å²) in [4.78, 5) is 50.0. The molecule has 0 aliphatic rings. The maximum Gasteiger partial charge on any atom is 3.00 e. The Balaban J connectivity index is 0.000000149. The number of Topliss-reactive ketones (excluding diaryl/α,β-unsaturated/α-hetero) is 2. The zero-order chi connectivity index (χ0) is 96.5. The Bertz CT molecular complexity index is 9050. The van der Waals surface area contributed by atoms with E-state index in [9.17, 15) is 27.2 Å². The number of carbonyl (C=O) groups excluding carboxylic acids is 2. The molecule has 0 fully saturated rings. The molecule has 10 nitrogen and oxygen atoms in total. The van der Waals surface area contributed by atoms with E-state index in [1.807, 2.05) is 24.3 Å². The summed E-state index contributed by atoms with van der Waals surface area (Å²) in [5.41, 5.74) is 15.2. The molecular weight excluding hydrogens is 1960 g/mol. The molecule has 0 aliphatic carbocycles. The van der Waals surface area contributed by atoms with Crippen molar-refractivity contribution in [1.29, 1.82) is 0 Å². The van der Waals surface area contributed by atoms with E-state index in [-0.39, 0.29) is 38.1 Å². The number of hydrogen-bond acceptors (Lipinski definition) is 10. The van der Waals surface area contributed by atoms with E-state index in [0.29, 0.717) is 44.6 Å². The first-order chi connectivity index (χ1) is 70.2. The number of ketones is 2. The molecule has 26 rings (SSSR count). The first-order valence-electron chi connectivity index (χ1n) is 47.3. The molecule has 0 unspecified atom stereocenters. The van der Waals surface area contributed by atoms with Crippen LogP contribution in [0.1, 0.15) is 20.3 Å². The molecule has 2 heterocycles. The van der Waals surface area contributed by atoms with Crippen LogP contribution in [0.3, 0.4) is 0 Å². The van der Waals surface area contributed by atoms with Crippen LogP contribution in [0.5, 0.6) is 0 Å². The summed E-state index contributed by atoms with van der Waals surface area (Å²) in [5, 5.41) is 25.3. The number of aromatic nitrogens is 4. The molecular formula is C129H82F4IrN8O2+. The Morgan fingerprint density at radius 1 is 0.236 bits per heavy atom. The van der Waals surface area contributed by atoms with Crippen LogP contribution < -0.4 is 19.6 Å². The third kappa shape index (κ3) is 16.6. The molecule has 0 amide bonds. The second-order valence-electron chi connectivity index (χ2n) is 35.9. The zero-order valence-corrected chi connectivity index (χ0v) is 80.1. The third-order valence-electron chi connectivity index (χ3n) is 26.8. The predicted molar refractivity (Wildman–Crippen MR) is 582 cm³/mol. The van der Waals surface area contributed by atoms with Gasteiger partial charge >= 0.3 is 20.1 Å². The third-order valence-corrected chi connectivity index (χ3v) is 26.8. The molecule has 0 atom stereocenters. The quantitative estimate of drug-likeness (QED) is 0.0402. The Morgan fingerprint density at radius 2 is 0.486 bits per heavy atom. The van der Waals surface area contributed by atoms with Gasteiger partial charge in [-0.15, -0.1) is 47.2 Å². The fraction of sp³-hybridized carbons (Fsp3) is 0.0233. The van der Waals surface area contributed by atoms with Gasteiger partial charge in [-0.1, -0.05) is 301 Å². The van der Waals surface area contributed by atoms with Crippen LogP contribution in [0.2, 0.25) is 0 Å². The second-order valence-corrected chi connectivity index (χ2v) is 35.9. The molecule has 0 saturated heterocycles. The van der Waals surface area contributed by atoms with Crippen LogP contribution in [0, 0.1) is 35.4 Å². The van der Waals surface area contributed by atoms with Crippen LogP contribution in [-0.2, 0) is 29.7 Å². The molecule has 26 aromatic rings. The van der Waals surface area contributed by atoms with Crippen molar-refractivity contribution in [3.63, 3.8) is 0 Å². The summed E-state index contributed by atoms with van der Waals surface area (Å²) in [5.74, 6) is -2.87. The maximum atomic E-state index is 14.8. The van der Waals surface area contributed by atoms with E-state index >= 15 is 0 Å². The second kappa shape index (κ2) is 38.0. The zero-order valence-electron chi connectivity index (χ0n) is 77.7. The van der Waals surface area contributed by atoms with Crippen molar-refractivity contribution >= 4 is 231 Å². The van der Waals surface area contributed by atoms with Gasteiger partial charge in [0.05, 0.1) is 51.6 Å². The topological polar surface area (TPSA) is 98.7 Å². The van der Waals surface area contributed by atoms with Gasteiger partial charge in [-0.05, 0) is 222 Å². The van der Waals surface area contributed by atoms with Crippen molar-refractivity contribution in [2.24, 2.45) is 0 Å². The predicted octanol–water partition coefficient (Wildman–Crippen LogP) is 35.0. The van der Waals surface area contributed by atoms with Gasteiger partial charge in [-0.2, -0.15) is 0 Å². The van der Waals surface area contributed by atoms with E-state index in [0.717, 1.165) is 188 Å². The number of fused-ring (bicyclic) bond motifs is 24. The smallest absolute Gasteiger partial charge is 0.328 e. The molecule has 0 spiro atoms. The van der Waals surface area contributed by atoms with Gasteiger partial charge in [-0.3, -0.25) is 19.6 Å². The van der Waals surface area contributed by atoms with E-state index in [1.165, 1.54) is 59.7 Å². The Kier molecular flexibility index (Phi) is 23.7. The van der Waals surface area contributed by atoms with E-state index in [4.69, 9.17) is 19.9 Å². The van der Waals surface area contributed by atoms with Gasteiger partial charge in [0.2, 0.25) is 0 Å². The fourth-order valence-corrected chi connectivity index (χ4v) is 20.7. The van der Waals surface area contributed by atoms with Crippen molar-refractivity contribution < 1.29 is 47.3 Å². The van der Waals surface area contributed by atoms with Crippen molar-refractivity contribution in [2.75, 3.05) is 19.6 Å². The summed E-state index contributed by atoms with van der Waals surface area (Å²) in [6.45, 7) is 2.81. The van der Waals surface area contributed by atoms with Gasteiger partial charge in [0.15, 0.2) is 0 Å². The van der Waals surface area contributed by atoms with Gasteiger partial charge in [-0.25, -0.2) is 17.6 Å². The van der Waals surface area contributed by atoms with Crippen molar-refractivity contribution in [3.05, 3.63) is 485 Å². The molecule has 0 N–H and O–H groups in total. The molecule has 0 saturated carbocycles. The summed E-state index contributed by atoms with van der Waals surface area (Å²) in [7, 11) is 0. The normalized spacial score (nSPS) is 11.4.